The quantitative estimate of drug-likeness (QED) is 0.423. The van der Waals surface area contributed by atoms with Crippen LogP contribution in [0, 0.1) is 10.1 Å². The van der Waals surface area contributed by atoms with Gasteiger partial charge in [0.05, 0.1) is 12.0 Å². The number of ether oxygens (including phenoxy) is 1. The van der Waals surface area contributed by atoms with E-state index in [0.717, 1.165) is 12.6 Å². The molecule has 19 heavy (non-hydrogen) atoms. The topological polar surface area (TPSA) is 119 Å². The predicted octanol–water partition coefficient (Wildman–Crippen LogP) is 0.792. The summed E-state index contributed by atoms with van der Waals surface area (Å²) < 4.78 is 4.44. The lowest BCUT2D eigenvalue weighted by Crippen LogP contribution is -2.17. The molecule has 2 N–H and O–H groups in total. The zero-order valence-corrected chi connectivity index (χ0v) is 10.7. The minimum atomic E-state index is -0.622. The molecule has 0 aliphatic heterocycles. The van der Waals surface area contributed by atoms with Gasteiger partial charge in [-0.25, -0.2) is 4.98 Å². The van der Waals surface area contributed by atoms with Gasteiger partial charge in [-0.1, -0.05) is 6.92 Å². The van der Waals surface area contributed by atoms with Gasteiger partial charge in [0.25, 0.3) is 0 Å². The van der Waals surface area contributed by atoms with Gasteiger partial charge in [0.15, 0.2) is 0 Å². The molecule has 0 fully saturated rings. The molecule has 1 rings (SSSR count). The average molecular weight is 269 g/mol. The lowest BCUT2D eigenvalue weighted by molar-refractivity contribution is -0.384. The van der Waals surface area contributed by atoms with Crippen LogP contribution in [-0.2, 0) is 9.53 Å². The second-order valence-electron chi connectivity index (χ2n) is 3.54. The van der Waals surface area contributed by atoms with Crippen LogP contribution in [0.25, 0.3) is 0 Å². The predicted molar refractivity (Wildman–Crippen MR) is 68.0 cm³/mol. The molecule has 0 bridgehead atoms. The summed E-state index contributed by atoms with van der Waals surface area (Å²) in [7, 11) is 1.23. The highest BCUT2D eigenvalue weighted by atomic mass is 16.6. The number of nitrogens with one attached hydrogen (secondary N) is 2. The third-order valence-corrected chi connectivity index (χ3v) is 2.13. The molecule has 0 radical (unpaired) electrons. The summed E-state index contributed by atoms with van der Waals surface area (Å²) in [6.45, 7) is 2.41. The molecule has 9 heteroatoms. The van der Waals surface area contributed by atoms with Gasteiger partial charge in [-0.2, -0.15) is 4.98 Å². The van der Waals surface area contributed by atoms with E-state index in [-0.39, 0.29) is 24.0 Å². The van der Waals surface area contributed by atoms with Crippen molar-refractivity contribution in [2.45, 2.75) is 13.3 Å². The van der Waals surface area contributed by atoms with Crippen LogP contribution in [0.1, 0.15) is 13.3 Å². The van der Waals surface area contributed by atoms with Gasteiger partial charge in [0.1, 0.15) is 12.7 Å². The molecule has 104 valence electrons. The number of hydrogen-bond acceptors (Lipinski definition) is 8. The molecule has 0 saturated carbocycles. The Morgan fingerprint density at radius 3 is 2.84 bits per heavy atom. The first-order chi connectivity index (χ1) is 9.08. The number of anilines is 2. The highest BCUT2D eigenvalue weighted by Crippen LogP contribution is 2.21. The maximum absolute atomic E-state index is 11.0. The third-order valence-electron chi connectivity index (χ3n) is 2.13. The summed E-state index contributed by atoms with van der Waals surface area (Å²) in [5, 5.41) is 16.3. The molecule has 1 heterocycles. The number of aromatic nitrogens is 2. The molecule has 0 saturated heterocycles. The van der Waals surface area contributed by atoms with Gasteiger partial charge in [0, 0.05) is 6.54 Å². The Morgan fingerprint density at radius 2 is 2.26 bits per heavy atom. The zero-order valence-electron chi connectivity index (χ0n) is 10.7. The minimum absolute atomic E-state index is 0.0241. The molecule has 1 aromatic rings. The Hall–Kier alpha value is -2.45. The van der Waals surface area contributed by atoms with Crippen LogP contribution in [0.15, 0.2) is 6.20 Å². The second kappa shape index (κ2) is 7.09. The van der Waals surface area contributed by atoms with Crippen LogP contribution >= 0.6 is 0 Å². The van der Waals surface area contributed by atoms with E-state index in [1.54, 1.807) is 0 Å². The molecule has 0 atom stereocenters. The lowest BCUT2D eigenvalue weighted by atomic mass is 10.4. The van der Waals surface area contributed by atoms with Gasteiger partial charge in [-0.3, -0.25) is 14.9 Å². The molecule has 0 amide bonds. The minimum Gasteiger partial charge on any atom is -0.468 e. The Morgan fingerprint density at radius 1 is 1.53 bits per heavy atom. The number of methoxy groups -OCH3 is 1. The van der Waals surface area contributed by atoms with Gasteiger partial charge in [0.2, 0.25) is 11.8 Å². The number of hydrogen-bond donors (Lipinski definition) is 2. The SMILES string of the molecule is CCCNc1ncc([N+](=O)[O-])c(NCC(=O)OC)n1. The van der Waals surface area contributed by atoms with Crippen LogP contribution in [0.4, 0.5) is 17.5 Å². The van der Waals surface area contributed by atoms with Gasteiger partial charge in [-0.05, 0) is 6.42 Å². The highest BCUT2D eigenvalue weighted by Gasteiger charge is 2.17. The van der Waals surface area contributed by atoms with Crippen molar-refractivity contribution in [1.29, 1.82) is 0 Å². The molecule has 9 nitrogen and oxygen atoms in total. The molecular formula is C10H15N5O4. The van der Waals surface area contributed by atoms with E-state index < -0.39 is 10.9 Å². The van der Waals surface area contributed by atoms with E-state index in [0.29, 0.717) is 6.54 Å². The van der Waals surface area contributed by atoms with Crippen LogP contribution in [0.3, 0.4) is 0 Å². The Labute approximate surface area is 109 Å². The first kappa shape index (κ1) is 14.6. The summed E-state index contributed by atoms with van der Waals surface area (Å²) in [4.78, 5) is 29.0. The summed E-state index contributed by atoms with van der Waals surface area (Å²) in [6.07, 6.45) is 1.95. The lowest BCUT2D eigenvalue weighted by Gasteiger charge is -2.07. The second-order valence-corrected chi connectivity index (χ2v) is 3.54. The molecule has 0 aliphatic rings. The first-order valence-corrected chi connectivity index (χ1v) is 5.64. The zero-order chi connectivity index (χ0) is 14.3. The number of nitro groups is 1. The van der Waals surface area contributed by atoms with Crippen molar-refractivity contribution in [3.8, 4) is 0 Å². The standard InChI is InChI=1S/C10H15N5O4/c1-3-4-11-10-13-5-7(15(17)18)9(14-10)12-6-8(16)19-2/h5H,3-4,6H2,1-2H3,(H2,11,12,13,14). The van der Waals surface area contributed by atoms with E-state index in [1.165, 1.54) is 7.11 Å². The normalized spacial score (nSPS) is 9.79. The van der Waals surface area contributed by atoms with Gasteiger partial charge in [-0.15, -0.1) is 0 Å². The van der Waals surface area contributed by atoms with Crippen molar-refractivity contribution >= 4 is 23.4 Å². The first-order valence-electron chi connectivity index (χ1n) is 5.64. The van der Waals surface area contributed by atoms with Crippen LogP contribution in [-0.4, -0.2) is 41.1 Å². The summed E-state index contributed by atoms with van der Waals surface area (Å²) in [6, 6.07) is 0. The number of carbonyl (C=O) groups is 1. The van der Waals surface area contributed by atoms with E-state index >= 15 is 0 Å². The van der Waals surface area contributed by atoms with E-state index in [1.807, 2.05) is 6.92 Å². The average Bonchev–Trinajstić information content (AvgIpc) is 2.42. The molecule has 0 spiro atoms. The number of nitrogens with zero attached hydrogens (tertiary/aromatic N) is 3. The molecule has 1 aromatic heterocycles. The van der Waals surface area contributed by atoms with Crippen molar-refractivity contribution in [2.24, 2.45) is 0 Å². The highest BCUT2D eigenvalue weighted by molar-refractivity contribution is 5.75. The van der Waals surface area contributed by atoms with Crippen molar-refractivity contribution in [3.05, 3.63) is 16.3 Å². The Kier molecular flexibility index (Phi) is 5.45. The molecule has 0 aromatic carbocycles. The molecule has 0 aliphatic carbocycles. The Balaban J connectivity index is 2.88. The van der Waals surface area contributed by atoms with E-state index in [4.69, 9.17) is 0 Å². The number of esters is 1. The van der Waals surface area contributed by atoms with E-state index in [9.17, 15) is 14.9 Å². The smallest absolute Gasteiger partial charge is 0.329 e. The van der Waals surface area contributed by atoms with E-state index in [2.05, 4.69) is 25.3 Å². The number of carbonyl (C=O) groups excluding carboxylic acids is 1. The fourth-order valence-corrected chi connectivity index (χ4v) is 1.19. The Bertz CT molecular complexity index is 465. The van der Waals surface area contributed by atoms with Crippen molar-refractivity contribution < 1.29 is 14.5 Å². The monoisotopic (exact) mass is 269 g/mol. The third kappa shape index (κ3) is 4.37. The van der Waals surface area contributed by atoms with Crippen LogP contribution in [0.2, 0.25) is 0 Å². The van der Waals surface area contributed by atoms with Crippen molar-refractivity contribution in [2.75, 3.05) is 30.8 Å². The van der Waals surface area contributed by atoms with Gasteiger partial charge >= 0.3 is 11.7 Å². The summed E-state index contributed by atoms with van der Waals surface area (Å²) in [5.74, 6) is -0.306. The van der Waals surface area contributed by atoms with Crippen molar-refractivity contribution in [3.63, 3.8) is 0 Å². The van der Waals surface area contributed by atoms with Crippen LogP contribution in [0.5, 0.6) is 0 Å². The van der Waals surface area contributed by atoms with Gasteiger partial charge < -0.3 is 15.4 Å². The maximum Gasteiger partial charge on any atom is 0.329 e. The van der Waals surface area contributed by atoms with Crippen molar-refractivity contribution in [1.82, 2.24) is 9.97 Å². The largest absolute Gasteiger partial charge is 0.468 e. The fourth-order valence-electron chi connectivity index (χ4n) is 1.19. The molecular weight excluding hydrogens is 254 g/mol. The molecule has 0 unspecified atom stereocenters. The van der Waals surface area contributed by atoms with Crippen LogP contribution < -0.4 is 10.6 Å². The summed E-state index contributed by atoms with van der Waals surface area (Å²) in [5.41, 5.74) is -0.300. The maximum atomic E-state index is 11.0. The fraction of sp³-hybridized carbons (Fsp3) is 0.500. The summed E-state index contributed by atoms with van der Waals surface area (Å²) >= 11 is 0. The number of rotatable bonds is 7.